The Labute approximate surface area is 135 Å². The topological polar surface area (TPSA) is 51.5 Å². The molecule has 4 heteroatoms. The van der Waals surface area contributed by atoms with Crippen LogP contribution in [0.3, 0.4) is 0 Å². The van der Waals surface area contributed by atoms with Crippen LogP contribution in [0.25, 0.3) is 11.0 Å². The molecule has 0 saturated carbocycles. The van der Waals surface area contributed by atoms with Crippen molar-refractivity contribution in [3.05, 3.63) is 65.4 Å². The van der Waals surface area contributed by atoms with Crippen LogP contribution >= 0.6 is 0 Å². The fraction of sp³-hybridized carbons (Fsp3) is 0.211. The number of ether oxygens (including phenoxy) is 1. The number of fused-ring (bicyclic) bond motifs is 1. The third-order valence-corrected chi connectivity index (χ3v) is 3.79. The smallest absolute Gasteiger partial charge is 0.291 e. The van der Waals surface area contributed by atoms with E-state index in [1.807, 2.05) is 48.5 Å². The van der Waals surface area contributed by atoms with Crippen LogP contribution in [0.15, 0.2) is 52.9 Å². The van der Waals surface area contributed by atoms with Crippen LogP contribution in [0.1, 0.15) is 28.6 Å². The number of carbonyl (C=O) groups excluding carboxylic acids is 1. The molecule has 0 aliphatic rings. The Morgan fingerprint density at radius 3 is 2.78 bits per heavy atom. The lowest BCUT2D eigenvalue weighted by Gasteiger charge is -2.06. The zero-order valence-electron chi connectivity index (χ0n) is 13.3. The maximum absolute atomic E-state index is 12.6. The number of amides is 1. The monoisotopic (exact) mass is 309 g/mol. The molecule has 0 aliphatic heterocycles. The van der Waals surface area contributed by atoms with Crippen LogP contribution < -0.4 is 5.32 Å². The molecule has 1 heterocycles. The Bertz CT molecular complexity index is 836. The summed E-state index contributed by atoms with van der Waals surface area (Å²) in [4.78, 5) is 12.6. The molecule has 0 saturated heterocycles. The summed E-state index contributed by atoms with van der Waals surface area (Å²) in [6.45, 7) is 2.41. The van der Waals surface area contributed by atoms with Gasteiger partial charge in [0.1, 0.15) is 5.58 Å². The zero-order chi connectivity index (χ0) is 16.2. The van der Waals surface area contributed by atoms with Gasteiger partial charge < -0.3 is 14.5 Å². The summed E-state index contributed by atoms with van der Waals surface area (Å²) in [5, 5.41) is 3.81. The number of hydrogen-bond acceptors (Lipinski definition) is 3. The van der Waals surface area contributed by atoms with Gasteiger partial charge in [0, 0.05) is 23.7 Å². The predicted molar refractivity (Wildman–Crippen MR) is 90.7 cm³/mol. The quantitative estimate of drug-likeness (QED) is 0.760. The van der Waals surface area contributed by atoms with Crippen LogP contribution in [0.2, 0.25) is 0 Å². The van der Waals surface area contributed by atoms with E-state index in [9.17, 15) is 4.79 Å². The Hall–Kier alpha value is -2.59. The fourth-order valence-corrected chi connectivity index (χ4v) is 2.63. The van der Waals surface area contributed by atoms with Gasteiger partial charge in [-0.05, 0) is 30.2 Å². The van der Waals surface area contributed by atoms with Crippen molar-refractivity contribution < 1.29 is 13.9 Å². The number of nitrogens with one attached hydrogen (secondary N) is 1. The van der Waals surface area contributed by atoms with Crippen molar-refractivity contribution in [2.75, 3.05) is 12.4 Å². The van der Waals surface area contributed by atoms with Gasteiger partial charge in [-0.25, -0.2) is 0 Å². The van der Waals surface area contributed by atoms with Crippen molar-refractivity contribution in [1.29, 1.82) is 0 Å². The predicted octanol–water partition coefficient (Wildman–Crippen LogP) is 4.39. The van der Waals surface area contributed by atoms with Gasteiger partial charge >= 0.3 is 0 Å². The van der Waals surface area contributed by atoms with Gasteiger partial charge in [0.2, 0.25) is 0 Å². The third kappa shape index (κ3) is 3.12. The molecule has 1 amide bonds. The summed E-state index contributed by atoms with van der Waals surface area (Å²) in [5.41, 5.74) is 3.39. The van der Waals surface area contributed by atoms with Gasteiger partial charge in [-0.3, -0.25) is 4.79 Å². The molecule has 1 aromatic heterocycles. The minimum atomic E-state index is -0.262. The number of para-hydroxylation sites is 1. The number of aryl methyl sites for hydroxylation is 1. The lowest BCUT2D eigenvalue weighted by Crippen LogP contribution is -2.13. The molecule has 0 fully saturated rings. The molecule has 118 valence electrons. The van der Waals surface area contributed by atoms with Crippen molar-refractivity contribution in [2.45, 2.75) is 20.0 Å². The summed E-state index contributed by atoms with van der Waals surface area (Å²) in [5.74, 6) is 0.0384. The maximum Gasteiger partial charge on any atom is 0.291 e. The Morgan fingerprint density at radius 2 is 2.00 bits per heavy atom. The molecule has 0 atom stereocenters. The first-order chi connectivity index (χ1) is 11.2. The molecular weight excluding hydrogens is 290 g/mol. The van der Waals surface area contributed by atoms with E-state index < -0.39 is 0 Å². The molecule has 0 spiro atoms. The number of rotatable bonds is 5. The highest BCUT2D eigenvalue weighted by molar-refractivity contribution is 6.06. The van der Waals surface area contributed by atoms with Crippen LogP contribution in [0.4, 0.5) is 5.69 Å². The van der Waals surface area contributed by atoms with E-state index in [2.05, 4.69) is 12.2 Å². The van der Waals surface area contributed by atoms with Crippen LogP contribution in [-0.2, 0) is 17.8 Å². The summed E-state index contributed by atoms with van der Waals surface area (Å²) < 4.78 is 11.0. The van der Waals surface area contributed by atoms with Crippen LogP contribution in [0.5, 0.6) is 0 Å². The standard InChI is InChI=1S/C19H19NO3/c1-3-13-7-6-8-14(11-13)20-19(21)18-16(12-22-2)15-9-4-5-10-17(15)23-18/h4-11H,3,12H2,1-2H3,(H,20,21). The average molecular weight is 309 g/mol. The van der Waals surface area contributed by atoms with Crippen molar-refractivity contribution in [3.8, 4) is 0 Å². The lowest BCUT2D eigenvalue weighted by atomic mass is 10.1. The molecule has 0 radical (unpaired) electrons. The molecule has 3 aromatic rings. The second-order valence-corrected chi connectivity index (χ2v) is 5.35. The van der Waals surface area contributed by atoms with E-state index in [-0.39, 0.29) is 5.91 Å². The van der Waals surface area contributed by atoms with Crippen molar-refractivity contribution in [1.82, 2.24) is 0 Å². The molecule has 3 rings (SSSR count). The Kier molecular flexibility index (Phi) is 4.44. The van der Waals surface area contributed by atoms with Crippen LogP contribution in [0, 0.1) is 0 Å². The summed E-state index contributed by atoms with van der Waals surface area (Å²) in [6.07, 6.45) is 0.920. The van der Waals surface area contributed by atoms with E-state index in [0.29, 0.717) is 18.0 Å². The Balaban J connectivity index is 1.95. The molecule has 0 bridgehead atoms. The van der Waals surface area contributed by atoms with Gasteiger partial charge in [0.25, 0.3) is 5.91 Å². The molecule has 1 N–H and O–H groups in total. The normalized spacial score (nSPS) is 10.9. The second-order valence-electron chi connectivity index (χ2n) is 5.35. The number of hydrogen-bond donors (Lipinski definition) is 1. The van der Waals surface area contributed by atoms with E-state index >= 15 is 0 Å². The maximum atomic E-state index is 12.6. The molecular formula is C19H19NO3. The summed E-state index contributed by atoms with van der Waals surface area (Å²) in [6, 6.07) is 15.4. The minimum absolute atomic E-state index is 0.262. The van der Waals surface area contributed by atoms with E-state index in [1.165, 1.54) is 5.56 Å². The Morgan fingerprint density at radius 1 is 1.17 bits per heavy atom. The van der Waals surface area contributed by atoms with E-state index in [4.69, 9.17) is 9.15 Å². The van der Waals surface area contributed by atoms with Crippen LogP contribution in [-0.4, -0.2) is 13.0 Å². The lowest BCUT2D eigenvalue weighted by molar-refractivity contribution is 0.0992. The van der Waals surface area contributed by atoms with Gasteiger partial charge in [-0.15, -0.1) is 0 Å². The van der Waals surface area contributed by atoms with E-state index in [1.54, 1.807) is 7.11 Å². The van der Waals surface area contributed by atoms with Gasteiger partial charge in [0.05, 0.1) is 6.61 Å². The highest BCUT2D eigenvalue weighted by Crippen LogP contribution is 2.27. The first-order valence-electron chi connectivity index (χ1n) is 7.62. The first kappa shape index (κ1) is 15.3. The summed E-state index contributed by atoms with van der Waals surface area (Å²) >= 11 is 0. The van der Waals surface area contributed by atoms with Gasteiger partial charge in [0.15, 0.2) is 5.76 Å². The number of methoxy groups -OCH3 is 1. The highest BCUT2D eigenvalue weighted by Gasteiger charge is 2.20. The number of anilines is 1. The molecule has 4 nitrogen and oxygen atoms in total. The molecule has 2 aromatic carbocycles. The fourth-order valence-electron chi connectivity index (χ4n) is 2.63. The highest BCUT2D eigenvalue weighted by atomic mass is 16.5. The zero-order valence-corrected chi connectivity index (χ0v) is 13.3. The number of furan rings is 1. The second kappa shape index (κ2) is 6.67. The molecule has 0 aliphatic carbocycles. The minimum Gasteiger partial charge on any atom is -0.451 e. The van der Waals surface area contributed by atoms with E-state index in [0.717, 1.165) is 23.1 Å². The summed E-state index contributed by atoms with van der Waals surface area (Å²) in [7, 11) is 1.61. The third-order valence-electron chi connectivity index (χ3n) is 3.79. The average Bonchev–Trinajstić information content (AvgIpc) is 2.94. The number of carbonyl (C=O) groups is 1. The van der Waals surface area contributed by atoms with Crippen molar-refractivity contribution >= 4 is 22.6 Å². The SMILES string of the molecule is CCc1cccc(NC(=O)c2oc3ccccc3c2COC)c1. The molecule has 0 unspecified atom stereocenters. The number of benzene rings is 2. The largest absolute Gasteiger partial charge is 0.451 e. The van der Waals surface area contributed by atoms with Crippen molar-refractivity contribution in [2.24, 2.45) is 0 Å². The van der Waals surface area contributed by atoms with Gasteiger partial charge in [-0.2, -0.15) is 0 Å². The first-order valence-corrected chi connectivity index (χ1v) is 7.62. The van der Waals surface area contributed by atoms with Crippen molar-refractivity contribution in [3.63, 3.8) is 0 Å². The molecule has 23 heavy (non-hydrogen) atoms. The van der Waals surface area contributed by atoms with Gasteiger partial charge in [-0.1, -0.05) is 37.3 Å².